The second-order valence-electron chi connectivity index (χ2n) is 7.70. The molecule has 29 heavy (non-hydrogen) atoms. The molecule has 3 aromatic rings. The summed E-state index contributed by atoms with van der Waals surface area (Å²) in [5, 5.41) is 21.4. The number of aliphatic hydroxyl groups is 1. The summed E-state index contributed by atoms with van der Waals surface area (Å²) in [4.78, 5) is 25.6. The van der Waals surface area contributed by atoms with E-state index in [9.17, 15) is 15.0 Å². The zero-order valence-electron chi connectivity index (χ0n) is 16.7. The number of phenols is 1. The Morgan fingerprint density at radius 1 is 1.17 bits per heavy atom. The van der Waals surface area contributed by atoms with E-state index in [0.717, 1.165) is 16.5 Å². The molecule has 0 aliphatic carbocycles. The van der Waals surface area contributed by atoms with Gasteiger partial charge in [0.15, 0.2) is 5.82 Å². The molecule has 2 aromatic carbocycles. The molecule has 2 atom stereocenters. The van der Waals surface area contributed by atoms with Crippen molar-refractivity contribution in [2.24, 2.45) is 0 Å². The largest absolute Gasteiger partial charge is 0.507 e. The number of carbonyl (C=O) groups excluding carboxylic acids is 1. The van der Waals surface area contributed by atoms with Gasteiger partial charge in [0.25, 0.3) is 0 Å². The van der Waals surface area contributed by atoms with E-state index >= 15 is 0 Å². The third-order valence-corrected chi connectivity index (χ3v) is 5.25. The van der Waals surface area contributed by atoms with Gasteiger partial charge in [-0.1, -0.05) is 18.2 Å². The van der Waals surface area contributed by atoms with Crippen LogP contribution in [0.1, 0.15) is 12.0 Å². The van der Waals surface area contributed by atoms with Crippen molar-refractivity contribution in [3.05, 3.63) is 48.0 Å². The van der Waals surface area contributed by atoms with Crippen LogP contribution in [0.3, 0.4) is 0 Å². The summed E-state index contributed by atoms with van der Waals surface area (Å²) in [6, 6.07) is 12.3. The van der Waals surface area contributed by atoms with Gasteiger partial charge in [-0.25, -0.2) is 9.97 Å². The van der Waals surface area contributed by atoms with E-state index in [4.69, 9.17) is 4.98 Å². The van der Waals surface area contributed by atoms with Crippen LogP contribution in [0.15, 0.2) is 42.5 Å². The van der Waals surface area contributed by atoms with Crippen LogP contribution < -0.4 is 4.90 Å². The molecule has 1 fully saturated rings. The first-order valence-electron chi connectivity index (χ1n) is 9.58. The van der Waals surface area contributed by atoms with Crippen LogP contribution in [-0.2, 0) is 4.79 Å². The van der Waals surface area contributed by atoms with Crippen molar-refractivity contribution in [3.8, 4) is 17.1 Å². The number of phenolic OH excluding ortho intramolecular Hbond substituents is 1. The average molecular weight is 392 g/mol. The van der Waals surface area contributed by atoms with Crippen molar-refractivity contribution >= 4 is 22.6 Å². The Bertz CT molecular complexity index is 1080. The number of para-hydroxylation sites is 1. The zero-order chi connectivity index (χ0) is 20.7. The van der Waals surface area contributed by atoms with E-state index in [2.05, 4.69) is 4.98 Å². The number of aryl methyl sites for hydroxylation is 1. The highest BCUT2D eigenvalue weighted by Crippen LogP contribution is 2.35. The lowest BCUT2D eigenvalue weighted by atomic mass is 10.1. The number of hydrogen-bond acceptors (Lipinski definition) is 6. The lowest BCUT2D eigenvalue weighted by molar-refractivity contribution is -0.130. The molecule has 0 saturated carbocycles. The molecular formula is C22H24N4O3. The first-order chi connectivity index (χ1) is 13.8. The Morgan fingerprint density at radius 3 is 2.66 bits per heavy atom. The number of anilines is 1. The summed E-state index contributed by atoms with van der Waals surface area (Å²) in [5.74, 6) is 0.982. The highest BCUT2D eigenvalue weighted by Gasteiger charge is 2.38. The first kappa shape index (κ1) is 19.1. The Labute approximate surface area is 169 Å². The molecule has 7 nitrogen and oxygen atoms in total. The maximum absolute atomic E-state index is 12.8. The second kappa shape index (κ2) is 7.33. The fourth-order valence-electron chi connectivity index (χ4n) is 3.81. The van der Waals surface area contributed by atoms with Gasteiger partial charge in [-0.15, -0.1) is 0 Å². The predicted octanol–water partition coefficient (Wildman–Crippen LogP) is 2.34. The molecule has 7 heteroatoms. The quantitative estimate of drug-likeness (QED) is 0.711. The van der Waals surface area contributed by atoms with Crippen LogP contribution in [0.4, 0.5) is 5.82 Å². The Hall–Kier alpha value is -3.19. The van der Waals surface area contributed by atoms with Crippen LogP contribution >= 0.6 is 0 Å². The number of hydrogen-bond donors (Lipinski definition) is 2. The summed E-state index contributed by atoms with van der Waals surface area (Å²) in [7, 11) is 3.42. The van der Waals surface area contributed by atoms with E-state index in [0.29, 0.717) is 30.2 Å². The Balaban J connectivity index is 1.93. The fourth-order valence-corrected chi connectivity index (χ4v) is 3.81. The van der Waals surface area contributed by atoms with Gasteiger partial charge in [-0.2, -0.15) is 0 Å². The molecule has 1 aliphatic heterocycles. The lowest BCUT2D eigenvalue weighted by Gasteiger charge is -2.28. The number of aromatic hydroxyl groups is 1. The van der Waals surface area contributed by atoms with Crippen molar-refractivity contribution in [1.29, 1.82) is 0 Å². The standard InChI is InChI=1S/C22H24N4O3/c1-13-8-9-15-17(10-13)23-20(16-6-4-5-7-19(16)28)24-21(15)26-12-14(27)11-18(26)22(29)25(2)3/h4-10,14,18,27-28H,11-12H2,1-3H3/t14-,18+/m1/s1. The van der Waals surface area contributed by atoms with Gasteiger partial charge in [-0.3, -0.25) is 4.79 Å². The molecule has 1 saturated heterocycles. The molecule has 1 aromatic heterocycles. The van der Waals surface area contributed by atoms with Crippen molar-refractivity contribution in [1.82, 2.24) is 14.9 Å². The highest BCUT2D eigenvalue weighted by molar-refractivity contribution is 5.95. The highest BCUT2D eigenvalue weighted by atomic mass is 16.3. The molecule has 0 spiro atoms. The number of nitrogens with zero attached hydrogens (tertiary/aromatic N) is 4. The van der Waals surface area contributed by atoms with Gasteiger partial charge >= 0.3 is 0 Å². The Kier molecular flexibility index (Phi) is 4.84. The second-order valence-corrected chi connectivity index (χ2v) is 7.70. The van der Waals surface area contributed by atoms with Gasteiger partial charge < -0.3 is 20.0 Å². The third kappa shape index (κ3) is 3.49. The molecule has 4 rings (SSSR count). The van der Waals surface area contributed by atoms with Gasteiger partial charge in [-0.05, 0) is 36.8 Å². The monoisotopic (exact) mass is 392 g/mol. The minimum atomic E-state index is -0.618. The van der Waals surface area contributed by atoms with Gasteiger partial charge in [0, 0.05) is 32.4 Å². The zero-order valence-corrected chi connectivity index (χ0v) is 16.7. The number of fused-ring (bicyclic) bond motifs is 1. The number of aromatic nitrogens is 2. The number of likely N-dealkylation sites (N-methyl/N-ethyl adjacent to an activating group) is 1. The van der Waals surface area contributed by atoms with Crippen LogP contribution in [-0.4, -0.2) is 63.8 Å². The maximum atomic E-state index is 12.8. The number of aliphatic hydroxyl groups excluding tert-OH is 1. The van der Waals surface area contributed by atoms with E-state index < -0.39 is 12.1 Å². The number of carbonyl (C=O) groups is 1. The van der Waals surface area contributed by atoms with E-state index in [1.807, 2.05) is 36.1 Å². The smallest absolute Gasteiger partial charge is 0.244 e. The number of benzene rings is 2. The SMILES string of the molecule is Cc1ccc2c(N3C[C@H](O)C[C@H]3C(=O)N(C)C)nc(-c3ccccc3O)nc2c1. The third-order valence-electron chi connectivity index (χ3n) is 5.25. The van der Waals surface area contributed by atoms with Crippen LogP contribution in [0.5, 0.6) is 5.75 Å². The number of amides is 1. The topological polar surface area (TPSA) is 89.8 Å². The first-order valence-corrected chi connectivity index (χ1v) is 9.58. The molecule has 0 unspecified atom stereocenters. The van der Waals surface area contributed by atoms with Crippen LogP contribution in [0, 0.1) is 6.92 Å². The lowest BCUT2D eigenvalue weighted by Crippen LogP contribution is -2.43. The molecular weight excluding hydrogens is 368 g/mol. The van der Waals surface area contributed by atoms with Gasteiger partial charge in [0.2, 0.25) is 5.91 Å². The van der Waals surface area contributed by atoms with E-state index in [-0.39, 0.29) is 11.7 Å². The average Bonchev–Trinajstić information content (AvgIpc) is 3.08. The molecule has 1 aliphatic rings. The fraction of sp³-hybridized carbons (Fsp3) is 0.318. The summed E-state index contributed by atoms with van der Waals surface area (Å²) in [6.07, 6.45) is -0.270. The molecule has 1 amide bonds. The molecule has 0 radical (unpaired) electrons. The summed E-state index contributed by atoms with van der Waals surface area (Å²) >= 11 is 0. The minimum Gasteiger partial charge on any atom is -0.507 e. The van der Waals surface area contributed by atoms with Crippen LogP contribution in [0.2, 0.25) is 0 Å². The van der Waals surface area contributed by atoms with E-state index in [1.54, 1.807) is 32.3 Å². The normalized spacial score (nSPS) is 19.0. The Morgan fingerprint density at radius 2 is 1.93 bits per heavy atom. The van der Waals surface area contributed by atoms with Gasteiger partial charge in [0.1, 0.15) is 17.6 Å². The molecule has 2 heterocycles. The van der Waals surface area contributed by atoms with Crippen molar-refractivity contribution in [2.75, 3.05) is 25.5 Å². The summed E-state index contributed by atoms with van der Waals surface area (Å²) in [5.41, 5.74) is 2.30. The van der Waals surface area contributed by atoms with Crippen molar-refractivity contribution < 1.29 is 15.0 Å². The molecule has 0 bridgehead atoms. The number of β-amino-alcohol motifs (C(OH)–C–C–N with tert-alkyl or cyclic N) is 1. The molecule has 150 valence electrons. The maximum Gasteiger partial charge on any atom is 0.244 e. The van der Waals surface area contributed by atoms with Crippen molar-refractivity contribution in [2.45, 2.75) is 25.5 Å². The summed E-state index contributed by atoms with van der Waals surface area (Å²) < 4.78 is 0. The molecule has 2 N–H and O–H groups in total. The summed E-state index contributed by atoms with van der Waals surface area (Å²) in [6.45, 7) is 2.29. The van der Waals surface area contributed by atoms with Crippen molar-refractivity contribution in [3.63, 3.8) is 0 Å². The van der Waals surface area contributed by atoms with Gasteiger partial charge in [0.05, 0.1) is 17.2 Å². The van der Waals surface area contributed by atoms with E-state index in [1.165, 1.54) is 4.90 Å². The number of rotatable bonds is 3. The van der Waals surface area contributed by atoms with Crippen LogP contribution in [0.25, 0.3) is 22.3 Å². The predicted molar refractivity (Wildman–Crippen MR) is 112 cm³/mol. The minimum absolute atomic E-state index is 0.0791.